The van der Waals surface area contributed by atoms with Crippen LogP contribution >= 0.6 is 0 Å². The predicted octanol–water partition coefficient (Wildman–Crippen LogP) is 19.0. The highest BCUT2D eigenvalue weighted by molar-refractivity contribution is 6.29. The second-order valence-electron chi connectivity index (χ2n) is 19.2. The Morgan fingerprint density at radius 2 is 0.621 bits per heavy atom. The van der Waals surface area contributed by atoms with Crippen LogP contribution in [-0.2, 0) is 0 Å². The van der Waals surface area contributed by atoms with E-state index in [0.29, 0.717) is 0 Å². The summed E-state index contributed by atoms with van der Waals surface area (Å²) in [7, 11) is 0. The zero-order chi connectivity index (χ0) is 46.0. The summed E-state index contributed by atoms with van der Waals surface area (Å²) >= 11 is 0. The van der Waals surface area contributed by atoms with Crippen LogP contribution in [0.15, 0.2) is 170 Å². The second kappa shape index (κ2) is 17.0. The molecule has 0 heterocycles. The summed E-state index contributed by atoms with van der Waals surface area (Å²) < 4.78 is 0. The molecular weight excluding hydrogens is 797 g/mol. The Bertz CT molecular complexity index is 3230. The van der Waals surface area contributed by atoms with Gasteiger partial charge in [0.2, 0.25) is 0 Å². The van der Waals surface area contributed by atoms with Gasteiger partial charge in [-0.25, -0.2) is 0 Å². The van der Waals surface area contributed by atoms with Gasteiger partial charge in [0.05, 0.1) is 11.4 Å². The van der Waals surface area contributed by atoms with Crippen molar-refractivity contribution in [2.45, 2.75) is 81.1 Å². The molecule has 10 rings (SSSR count). The van der Waals surface area contributed by atoms with E-state index >= 15 is 0 Å². The van der Waals surface area contributed by atoms with E-state index in [4.69, 9.17) is 0 Å². The van der Waals surface area contributed by atoms with Gasteiger partial charge in [0.1, 0.15) is 0 Å². The largest absolute Gasteiger partial charge is 0.309 e. The fraction of sp³-hybridized carbons (Fsp3) is 0.188. The molecule has 10 aromatic rings. The van der Waals surface area contributed by atoms with Gasteiger partial charge in [0.15, 0.2) is 0 Å². The topological polar surface area (TPSA) is 6.48 Å². The molecule has 0 bridgehead atoms. The molecule has 0 spiro atoms. The fourth-order valence-corrected chi connectivity index (χ4v) is 10.6. The van der Waals surface area contributed by atoms with Crippen LogP contribution < -0.4 is 9.80 Å². The van der Waals surface area contributed by atoms with Crippen molar-refractivity contribution in [2.75, 3.05) is 9.80 Å². The van der Waals surface area contributed by atoms with Crippen molar-refractivity contribution in [2.24, 2.45) is 0 Å². The summed E-state index contributed by atoms with van der Waals surface area (Å²) in [5.74, 6) is 0.566. The molecule has 0 amide bonds. The minimum absolute atomic E-state index is 0.283. The first-order valence-electron chi connectivity index (χ1n) is 23.7. The third-order valence-corrected chi connectivity index (χ3v) is 14.2. The van der Waals surface area contributed by atoms with Gasteiger partial charge in [0, 0.05) is 33.5 Å². The summed E-state index contributed by atoms with van der Waals surface area (Å²) in [6, 6.07) is 64.0. The average Bonchev–Trinajstić information content (AvgIpc) is 3.31. The highest BCUT2D eigenvalue weighted by atomic mass is 15.2. The molecule has 0 aromatic heterocycles. The molecule has 0 fully saturated rings. The molecule has 2 nitrogen and oxygen atoms in total. The van der Waals surface area contributed by atoms with E-state index < -0.39 is 0 Å². The molecule has 0 atom stereocenters. The Balaban J connectivity index is 1.32. The van der Waals surface area contributed by atoms with Crippen LogP contribution in [0.2, 0.25) is 0 Å². The monoisotopic (exact) mass is 856 g/mol. The minimum atomic E-state index is 0.283. The van der Waals surface area contributed by atoms with Gasteiger partial charge in [0.25, 0.3) is 0 Å². The van der Waals surface area contributed by atoms with E-state index in [1.54, 1.807) is 0 Å². The van der Waals surface area contributed by atoms with Crippen LogP contribution in [0.25, 0.3) is 54.6 Å². The lowest BCUT2D eigenvalue weighted by atomic mass is 9.83. The number of rotatable bonds is 10. The molecule has 0 saturated carbocycles. The molecule has 0 N–H and O–H groups in total. The zero-order valence-electron chi connectivity index (χ0n) is 40.2. The minimum Gasteiger partial charge on any atom is -0.309 e. The van der Waals surface area contributed by atoms with Gasteiger partial charge >= 0.3 is 0 Å². The summed E-state index contributed by atoms with van der Waals surface area (Å²) in [6.45, 7) is 22.9. The Morgan fingerprint density at radius 1 is 0.288 bits per heavy atom. The number of hydrogen-bond acceptors (Lipinski definition) is 2. The molecule has 2 heteroatoms. The number of hydrogen-bond donors (Lipinski definition) is 0. The maximum Gasteiger partial charge on any atom is 0.0543 e. The summed E-state index contributed by atoms with van der Waals surface area (Å²) in [6.07, 6.45) is 0. The van der Waals surface area contributed by atoms with E-state index in [0.717, 1.165) is 0 Å². The quantitative estimate of drug-likeness (QED) is 0.126. The molecule has 0 radical (unpaired) electrons. The van der Waals surface area contributed by atoms with Gasteiger partial charge in [-0.15, -0.1) is 0 Å². The van der Waals surface area contributed by atoms with Crippen molar-refractivity contribution in [3.63, 3.8) is 0 Å². The Kier molecular flexibility index (Phi) is 11.0. The Morgan fingerprint density at radius 3 is 0.985 bits per heavy atom. The van der Waals surface area contributed by atoms with Gasteiger partial charge in [-0.2, -0.15) is 0 Å². The van der Waals surface area contributed by atoms with Gasteiger partial charge < -0.3 is 9.80 Å². The molecule has 0 aliphatic heterocycles. The summed E-state index contributed by atoms with van der Waals surface area (Å²) in [5, 5.41) is 7.81. The fourth-order valence-electron chi connectivity index (χ4n) is 10.6. The first kappa shape index (κ1) is 42.8. The van der Waals surface area contributed by atoms with Crippen LogP contribution in [0.3, 0.4) is 0 Å². The number of benzene rings is 10. The van der Waals surface area contributed by atoms with Gasteiger partial charge in [-0.1, -0.05) is 161 Å². The van der Waals surface area contributed by atoms with Crippen LogP contribution in [0.5, 0.6) is 0 Å². The lowest BCUT2D eigenvalue weighted by molar-refractivity contribution is 0.875. The molecule has 66 heavy (non-hydrogen) atoms. The molecule has 0 saturated heterocycles. The van der Waals surface area contributed by atoms with E-state index in [9.17, 15) is 0 Å². The van der Waals surface area contributed by atoms with Gasteiger partial charge in [-0.3, -0.25) is 0 Å². The van der Waals surface area contributed by atoms with Crippen LogP contribution in [0, 0.1) is 41.5 Å². The first-order chi connectivity index (χ1) is 31.9. The number of aryl methyl sites for hydroxylation is 6. The van der Waals surface area contributed by atoms with Crippen molar-refractivity contribution in [3.05, 3.63) is 214 Å². The smallest absolute Gasteiger partial charge is 0.0543 e. The van der Waals surface area contributed by atoms with Gasteiger partial charge in [-0.05, 0) is 178 Å². The van der Waals surface area contributed by atoms with Crippen molar-refractivity contribution in [1.29, 1.82) is 0 Å². The summed E-state index contributed by atoms with van der Waals surface area (Å²) in [5.41, 5.74) is 22.3. The maximum absolute atomic E-state index is 2.56. The zero-order valence-corrected chi connectivity index (χ0v) is 40.2. The molecule has 326 valence electrons. The van der Waals surface area contributed by atoms with E-state index in [2.05, 4.69) is 249 Å². The third-order valence-electron chi connectivity index (χ3n) is 14.2. The number of anilines is 6. The molecule has 0 aliphatic rings. The second-order valence-corrected chi connectivity index (χ2v) is 19.2. The van der Waals surface area contributed by atoms with Crippen LogP contribution in [-0.4, -0.2) is 0 Å². The normalized spacial score (nSPS) is 11.8. The lowest BCUT2D eigenvalue weighted by Gasteiger charge is -2.33. The van der Waals surface area contributed by atoms with Crippen LogP contribution in [0.1, 0.15) is 84.0 Å². The highest BCUT2D eigenvalue weighted by Gasteiger charge is 2.28. The molecule has 0 aliphatic carbocycles. The first-order valence-corrected chi connectivity index (χ1v) is 23.7. The molecular formula is C64H60N2. The van der Waals surface area contributed by atoms with E-state index in [1.165, 1.54) is 133 Å². The average molecular weight is 857 g/mol. The van der Waals surface area contributed by atoms with Crippen molar-refractivity contribution < 1.29 is 0 Å². The van der Waals surface area contributed by atoms with E-state index in [-0.39, 0.29) is 11.8 Å². The molecule has 10 aromatic carbocycles. The predicted molar refractivity (Wildman–Crippen MR) is 287 cm³/mol. The number of para-hydroxylation sites is 2. The maximum atomic E-state index is 2.56. The van der Waals surface area contributed by atoms with Crippen LogP contribution in [0.4, 0.5) is 34.1 Å². The van der Waals surface area contributed by atoms with E-state index in [1.807, 2.05) is 0 Å². The Hall–Kier alpha value is -7.16. The Labute approximate surface area is 392 Å². The SMILES string of the molecule is Cc1ccccc1-c1ccc(C)c(N(c2ccccc2C)c2cc(C(C)C)c3ccc4c(N(c5ccccc5C)c5cc(-c6ccccc6C)ccc5C)cc(C(C)C)c5ccc2c3c54)c1. The van der Waals surface area contributed by atoms with Crippen molar-refractivity contribution in [3.8, 4) is 22.3 Å². The molecule has 0 unspecified atom stereocenters. The van der Waals surface area contributed by atoms with Crippen molar-refractivity contribution in [1.82, 2.24) is 0 Å². The highest BCUT2D eigenvalue weighted by Crippen LogP contribution is 2.52. The standard InChI is InChI=1S/C64H60N2/c1-39(2)55-37-61(65(57-25-17-13-21-43(57)7)59-35-47(29-27-45(59)9)49-23-15-11-19-41(49)5)53-34-32-52-56(40(3)4)38-62(54-33-31-51(55)63(53)64(52)54)66(58-26-18-14-22-44(58)8)60-36-48(30-28-46(60)10)50-24-16-12-20-42(50)6/h11-40H,1-10H3. The lowest BCUT2D eigenvalue weighted by Crippen LogP contribution is -2.15. The third kappa shape index (κ3) is 7.20. The van der Waals surface area contributed by atoms with Crippen molar-refractivity contribution >= 4 is 66.4 Å². The number of nitrogens with zero attached hydrogens (tertiary/aromatic N) is 2. The summed E-state index contributed by atoms with van der Waals surface area (Å²) in [4.78, 5) is 5.13.